The van der Waals surface area contributed by atoms with Gasteiger partial charge in [-0.3, -0.25) is 0 Å². The molecule has 6 heteroatoms. The molecule has 118 valence electrons. The summed E-state index contributed by atoms with van der Waals surface area (Å²) in [6.07, 6.45) is 5.15. The quantitative estimate of drug-likeness (QED) is 0.872. The molecule has 0 radical (unpaired) electrons. The summed E-state index contributed by atoms with van der Waals surface area (Å²) in [6, 6.07) is 9.05. The van der Waals surface area contributed by atoms with Crippen LogP contribution in [0.25, 0.3) is 0 Å². The van der Waals surface area contributed by atoms with Gasteiger partial charge in [0.15, 0.2) is 0 Å². The highest BCUT2D eigenvalue weighted by atomic mass is 19.1. The highest BCUT2D eigenvalue weighted by molar-refractivity contribution is 5.60. The zero-order valence-corrected chi connectivity index (χ0v) is 13.0. The monoisotopic (exact) mass is 311 g/mol. The largest absolute Gasteiger partial charge is 0.370 e. The van der Waals surface area contributed by atoms with Crippen molar-refractivity contribution >= 4 is 11.5 Å². The van der Waals surface area contributed by atoms with E-state index >= 15 is 0 Å². The van der Waals surface area contributed by atoms with Gasteiger partial charge in [-0.2, -0.15) is 5.26 Å². The number of benzene rings is 1. The number of nitriles is 1. The molecule has 1 aliphatic heterocycles. The van der Waals surface area contributed by atoms with E-state index in [4.69, 9.17) is 0 Å². The molecule has 0 atom stereocenters. The third-order valence-electron chi connectivity index (χ3n) is 4.38. The molecule has 1 aromatic carbocycles. The first-order chi connectivity index (χ1) is 11.2. The molecule has 23 heavy (non-hydrogen) atoms. The Morgan fingerprint density at radius 1 is 1.30 bits per heavy atom. The van der Waals surface area contributed by atoms with Gasteiger partial charge in [-0.15, -0.1) is 0 Å². The average Bonchev–Trinajstić information content (AvgIpc) is 2.62. The topological polar surface area (TPSA) is 56.1 Å². The van der Waals surface area contributed by atoms with Crippen LogP contribution in [0.4, 0.5) is 15.9 Å². The van der Waals surface area contributed by atoms with E-state index in [0.29, 0.717) is 11.7 Å². The van der Waals surface area contributed by atoms with Crippen LogP contribution in [0.15, 0.2) is 36.8 Å². The number of rotatable bonds is 3. The number of hydrogen-bond donors (Lipinski definition) is 0. The van der Waals surface area contributed by atoms with Crippen molar-refractivity contribution in [3.8, 4) is 6.07 Å². The Bertz CT molecular complexity index is 705. The summed E-state index contributed by atoms with van der Waals surface area (Å²) < 4.78 is 13.8. The van der Waals surface area contributed by atoms with Crippen molar-refractivity contribution in [1.82, 2.24) is 9.97 Å². The maximum absolute atomic E-state index is 13.8. The first kappa shape index (κ1) is 15.2. The number of hydrogen-bond acceptors (Lipinski definition) is 5. The molecule has 5 nitrogen and oxygen atoms in total. The van der Waals surface area contributed by atoms with Gasteiger partial charge >= 0.3 is 0 Å². The van der Waals surface area contributed by atoms with Crippen molar-refractivity contribution < 1.29 is 4.39 Å². The van der Waals surface area contributed by atoms with Crippen molar-refractivity contribution in [2.45, 2.75) is 18.9 Å². The lowest BCUT2D eigenvalue weighted by Crippen LogP contribution is -2.44. The number of halogens is 1. The predicted octanol–water partition coefficient (Wildman–Crippen LogP) is 2.59. The first-order valence-electron chi connectivity index (χ1n) is 7.63. The highest BCUT2D eigenvalue weighted by Crippen LogP contribution is 2.27. The van der Waals surface area contributed by atoms with Gasteiger partial charge in [-0.1, -0.05) is 6.07 Å². The second-order valence-corrected chi connectivity index (χ2v) is 5.64. The maximum atomic E-state index is 13.8. The van der Waals surface area contributed by atoms with Gasteiger partial charge < -0.3 is 9.80 Å². The van der Waals surface area contributed by atoms with E-state index in [1.807, 2.05) is 25.2 Å². The van der Waals surface area contributed by atoms with Gasteiger partial charge in [0.25, 0.3) is 0 Å². The Labute approximate surface area is 135 Å². The zero-order chi connectivity index (χ0) is 16.2. The Kier molecular flexibility index (Phi) is 4.38. The fraction of sp³-hybridized carbons (Fsp3) is 0.353. The van der Waals surface area contributed by atoms with E-state index in [1.54, 1.807) is 18.6 Å². The molecule has 1 saturated heterocycles. The van der Waals surface area contributed by atoms with Crippen LogP contribution in [0.3, 0.4) is 0 Å². The average molecular weight is 311 g/mol. The van der Waals surface area contributed by atoms with Gasteiger partial charge in [0.05, 0.1) is 5.69 Å². The number of anilines is 2. The summed E-state index contributed by atoms with van der Waals surface area (Å²) in [4.78, 5) is 12.5. The van der Waals surface area contributed by atoms with Crippen molar-refractivity contribution in [1.29, 1.82) is 5.26 Å². The molecule has 0 N–H and O–H groups in total. The summed E-state index contributed by atoms with van der Waals surface area (Å²) in [6.45, 7) is 1.58. The van der Waals surface area contributed by atoms with Crippen LogP contribution >= 0.6 is 0 Å². The van der Waals surface area contributed by atoms with Gasteiger partial charge in [0, 0.05) is 32.4 Å². The molecule has 1 fully saturated rings. The minimum atomic E-state index is -0.453. The van der Waals surface area contributed by atoms with Crippen molar-refractivity contribution in [3.63, 3.8) is 0 Å². The minimum Gasteiger partial charge on any atom is -0.370 e. The van der Waals surface area contributed by atoms with Gasteiger partial charge in [0.2, 0.25) is 0 Å². The number of aromatic nitrogens is 2. The summed E-state index contributed by atoms with van der Waals surface area (Å²) in [7, 11) is 2.03. The lowest BCUT2D eigenvalue weighted by Gasteiger charge is -2.38. The summed E-state index contributed by atoms with van der Waals surface area (Å²) >= 11 is 0. The highest BCUT2D eigenvalue weighted by Gasteiger charge is 2.25. The molecule has 0 aliphatic carbocycles. The fourth-order valence-electron chi connectivity index (χ4n) is 3.06. The molecule has 0 amide bonds. The third kappa shape index (κ3) is 3.09. The van der Waals surface area contributed by atoms with Gasteiger partial charge in [0.1, 0.15) is 29.6 Å². The molecular formula is C17H18FN5. The molecule has 3 rings (SSSR count). The van der Waals surface area contributed by atoms with E-state index in [-0.39, 0.29) is 5.56 Å². The molecule has 1 aliphatic rings. The van der Waals surface area contributed by atoms with Crippen LogP contribution in [0.5, 0.6) is 0 Å². The molecule has 2 heterocycles. The fourth-order valence-corrected chi connectivity index (χ4v) is 3.06. The number of piperidine rings is 1. The van der Waals surface area contributed by atoms with E-state index in [0.717, 1.165) is 31.7 Å². The summed E-state index contributed by atoms with van der Waals surface area (Å²) in [5, 5.41) is 9.18. The van der Waals surface area contributed by atoms with Crippen LogP contribution in [0.1, 0.15) is 18.4 Å². The Hall–Kier alpha value is -2.68. The van der Waals surface area contributed by atoms with Crippen molar-refractivity contribution in [2.24, 2.45) is 0 Å². The number of nitrogens with zero attached hydrogens (tertiary/aromatic N) is 5. The van der Waals surface area contributed by atoms with Crippen LogP contribution in [0, 0.1) is 17.1 Å². The second kappa shape index (κ2) is 6.61. The summed E-state index contributed by atoms with van der Waals surface area (Å²) in [5.74, 6) is 0.451. The Morgan fingerprint density at radius 3 is 2.74 bits per heavy atom. The minimum absolute atomic E-state index is 0.134. The molecule has 0 spiro atoms. The first-order valence-corrected chi connectivity index (χ1v) is 7.63. The second-order valence-electron chi connectivity index (χ2n) is 5.64. The molecule has 1 aromatic heterocycles. The standard InChI is InChI=1S/C17H18FN5/c1-22(17-5-8-20-12-21-17)13-6-9-23(10-7-13)16-4-2-3-15(18)14(16)11-19/h2-5,8,12-13H,6-7,9-10H2,1H3. The summed E-state index contributed by atoms with van der Waals surface area (Å²) in [5.41, 5.74) is 0.825. The SMILES string of the molecule is CN(c1ccncn1)C1CCN(c2cccc(F)c2C#N)CC1. The van der Waals surface area contributed by atoms with Gasteiger partial charge in [-0.05, 0) is 31.0 Å². The van der Waals surface area contributed by atoms with Crippen molar-refractivity contribution in [2.75, 3.05) is 29.9 Å². The van der Waals surface area contributed by atoms with Gasteiger partial charge in [-0.25, -0.2) is 14.4 Å². The van der Waals surface area contributed by atoms with Crippen LogP contribution in [0.2, 0.25) is 0 Å². The molecule has 0 unspecified atom stereocenters. The molecular weight excluding hydrogens is 293 g/mol. The van der Waals surface area contributed by atoms with Crippen LogP contribution in [-0.2, 0) is 0 Å². The van der Waals surface area contributed by atoms with Crippen molar-refractivity contribution in [3.05, 3.63) is 48.2 Å². The molecule has 0 saturated carbocycles. The Morgan fingerprint density at radius 2 is 2.09 bits per heavy atom. The van der Waals surface area contributed by atoms with E-state index in [2.05, 4.69) is 19.8 Å². The lowest BCUT2D eigenvalue weighted by atomic mass is 10.0. The van der Waals surface area contributed by atoms with E-state index < -0.39 is 5.82 Å². The predicted molar refractivity (Wildman–Crippen MR) is 86.8 cm³/mol. The zero-order valence-electron chi connectivity index (χ0n) is 13.0. The molecule has 0 bridgehead atoms. The van der Waals surface area contributed by atoms with E-state index in [1.165, 1.54) is 6.07 Å². The maximum Gasteiger partial charge on any atom is 0.143 e. The van der Waals surface area contributed by atoms with Crippen LogP contribution in [-0.4, -0.2) is 36.1 Å². The lowest BCUT2D eigenvalue weighted by molar-refractivity contribution is 0.479. The molecule has 2 aromatic rings. The van der Waals surface area contributed by atoms with E-state index in [9.17, 15) is 9.65 Å². The smallest absolute Gasteiger partial charge is 0.143 e. The normalized spacial score (nSPS) is 15.3. The Balaban J connectivity index is 1.70. The third-order valence-corrected chi connectivity index (χ3v) is 4.38. The van der Waals surface area contributed by atoms with Crippen LogP contribution < -0.4 is 9.80 Å².